The molecular formula is C24H31N5O2. The third-order valence-corrected chi connectivity index (χ3v) is 5.80. The smallest absolute Gasteiger partial charge is 0.266 e. The lowest BCUT2D eigenvalue weighted by molar-refractivity contribution is 0.261. The molecule has 0 atom stereocenters. The average molecular weight is 422 g/mol. The SMILES string of the molecule is CCOc1cc(C)ccc1-n1c(CN2CCCN(C)CC2)nc2cc(N)ccc2c1=O. The summed E-state index contributed by atoms with van der Waals surface area (Å²) in [5, 5.41) is 0.552. The van der Waals surface area contributed by atoms with Crippen molar-refractivity contribution in [3.8, 4) is 11.4 Å². The Morgan fingerprint density at radius 1 is 1.10 bits per heavy atom. The Morgan fingerprint density at radius 3 is 2.74 bits per heavy atom. The monoisotopic (exact) mass is 421 g/mol. The highest BCUT2D eigenvalue weighted by atomic mass is 16.5. The number of likely N-dealkylation sites (N-methyl/N-ethyl adjacent to an activating group) is 1. The molecule has 31 heavy (non-hydrogen) atoms. The Kier molecular flexibility index (Phi) is 6.25. The molecule has 3 aromatic rings. The molecule has 7 nitrogen and oxygen atoms in total. The Hall–Kier alpha value is -2.90. The van der Waals surface area contributed by atoms with Crippen LogP contribution < -0.4 is 16.0 Å². The summed E-state index contributed by atoms with van der Waals surface area (Å²) in [6.07, 6.45) is 1.09. The minimum atomic E-state index is -0.100. The summed E-state index contributed by atoms with van der Waals surface area (Å²) in [6.45, 7) is 9.08. The molecule has 1 aliphatic heterocycles. The highest BCUT2D eigenvalue weighted by molar-refractivity contribution is 5.81. The van der Waals surface area contributed by atoms with E-state index < -0.39 is 0 Å². The van der Waals surface area contributed by atoms with Crippen molar-refractivity contribution in [2.75, 3.05) is 45.6 Å². The van der Waals surface area contributed by atoms with E-state index in [4.69, 9.17) is 15.5 Å². The van der Waals surface area contributed by atoms with E-state index in [1.807, 2.05) is 32.0 Å². The largest absolute Gasteiger partial charge is 0.492 e. The highest BCUT2D eigenvalue weighted by Gasteiger charge is 2.20. The van der Waals surface area contributed by atoms with Crippen molar-refractivity contribution in [2.24, 2.45) is 0 Å². The van der Waals surface area contributed by atoms with Gasteiger partial charge >= 0.3 is 0 Å². The predicted molar refractivity (Wildman–Crippen MR) is 125 cm³/mol. The van der Waals surface area contributed by atoms with Crippen LogP contribution in [0.2, 0.25) is 0 Å². The number of hydrogen-bond donors (Lipinski definition) is 1. The molecule has 2 heterocycles. The fraction of sp³-hybridized carbons (Fsp3) is 0.417. The Labute approximate surface area is 183 Å². The van der Waals surface area contributed by atoms with Crippen LogP contribution in [0.1, 0.15) is 24.7 Å². The van der Waals surface area contributed by atoms with Gasteiger partial charge in [-0.3, -0.25) is 14.3 Å². The molecule has 2 aromatic carbocycles. The van der Waals surface area contributed by atoms with Gasteiger partial charge in [0.1, 0.15) is 11.6 Å². The first-order valence-electron chi connectivity index (χ1n) is 10.9. The maximum absolute atomic E-state index is 13.7. The summed E-state index contributed by atoms with van der Waals surface area (Å²) in [5.41, 5.74) is 8.93. The molecule has 4 rings (SSSR count). The maximum atomic E-state index is 13.7. The van der Waals surface area contributed by atoms with E-state index in [2.05, 4.69) is 16.8 Å². The van der Waals surface area contributed by atoms with Crippen LogP contribution >= 0.6 is 0 Å². The van der Waals surface area contributed by atoms with Crippen molar-refractivity contribution in [2.45, 2.75) is 26.8 Å². The second-order valence-electron chi connectivity index (χ2n) is 8.28. The van der Waals surface area contributed by atoms with E-state index in [-0.39, 0.29) is 5.56 Å². The number of anilines is 1. The molecule has 0 amide bonds. The Bertz CT molecular complexity index is 1140. The number of aryl methyl sites for hydroxylation is 1. The van der Waals surface area contributed by atoms with Gasteiger partial charge in [-0.2, -0.15) is 0 Å². The van der Waals surface area contributed by atoms with Crippen molar-refractivity contribution in [3.63, 3.8) is 0 Å². The first kappa shape index (κ1) is 21.3. The second kappa shape index (κ2) is 9.08. The molecule has 0 bridgehead atoms. The van der Waals surface area contributed by atoms with E-state index in [0.29, 0.717) is 41.3 Å². The summed E-state index contributed by atoms with van der Waals surface area (Å²) in [7, 11) is 2.15. The van der Waals surface area contributed by atoms with Crippen LogP contribution in [-0.2, 0) is 6.54 Å². The van der Waals surface area contributed by atoms with Crippen molar-refractivity contribution in [1.82, 2.24) is 19.4 Å². The van der Waals surface area contributed by atoms with Gasteiger partial charge in [0, 0.05) is 18.8 Å². The summed E-state index contributed by atoms with van der Waals surface area (Å²) >= 11 is 0. The molecule has 0 spiro atoms. The molecular weight excluding hydrogens is 390 g/mol. The van der Waals surface area contributed by atoms with E-state index in [0.717, 1.165) is 43.9 Å². The van der Waals surface area contributed by atoms with Crippen LogP contribution in [0, 0.1) is 6.92 Å². The van der Waals surface area contributed by atoms with Gasteiger partial charge in [-0.15, -0.1) is 0 Å². The number of hydrogen-bond acceptors (Lipinski definition) is 6. The van der Waals surface area contributed by atoms with Gasteiger partial charge in [0.15, 0.2) is 0 Å². The number of nitrogen functional groups attached to an aromatic ring is 1. The van der Waals surface area contributed by atoms with Crippen molar-refractivity contribution < 1.29 is 4.74 Å². The summed E-state index contributed by atoms with van der Waals surface area (Å²) in [6, 6.07) is 11.2. The normalized spacial score (nSPS) is 15.8. The molecule has 7 heteroatoms. The van der Waals surface area contributed by atoms with Crippen molar-refractivity contribution in [1.29, 1.82) is 0 Å². The van der Waals surface area contributed by atoms with Crippen LogP contribution in [0.25, 0.3) is 16.6 Å². The lowest BCUT2D eigenvalue weighted by Crippen LogP contribution is -2.33. The number of nitrogens with zero attached hydrogens (tertiary/aromatic N) is 4. The quantitative estimate of drug-likeness (QED) is 0.639. The molecule has 1 fully saturated rings. The lowest BCUT2D eigenvalue weighted by atomic mass is 10.1. The van der Waals surface area contributed by atoms with Gasteiger partial charge in [-0.1, -0.05) is 6.07 Å². The minimum Gasteiger partial charge on any atom is -0.492 e. The summed E-state index contributed by atoms with van der Waals surface area (Å²) in [4.78, 5) is 23.3. The van der Waals surface area contributed by atoms with Gasteiger partial charge < -0.3 is 15.4 Å². The van der Waals surface area contributed by atoms with E-state index >= 15 is 0 Å². The van der Waals surface area contributed by atoms with Crippen LogP contribution in [0.5, 0.6) is 5.75 Å². The van der Waals surface area contributed by atoms with Crippen molar-refractivity contribution in [3.05, 3.63) is 58.1 Å². The number of fused-ring (bicyclic) bond motifs is 1. The first-order chi connectivity index (χ1) is 15.0. The fourth-order valence-electron chi connectivity index (χ4n) is 4.14. The average Bonchev–Trinajstić information content (AvgIpc) is 2.93. The van der Waals surface area contributed by atoms with Gasteiger partial charge in [0.05, 0.1) is 29.7 Å². The van der Waals surface area contributed by atoms with Gasteiger partial charge in [-0.05, 0) is 76.3 Å². The first-order valence-corrected chi connectivity index (χ1v) is 10.9. The molecule has 1 aromatic heterocycles. The molecule has 0 aliphatic carbocycles. The molecule has 2 N–H and O–H groups in total. The van der Waals surface area contributed by atoms with Gasteiger partial charge in [0.25, 0.3) is 5.56 Å². The number of aromatic nitrogens is 2. The maximum Gasteiger partial charge on any atom is 0.266 e. The van der Waals surface area contributed by atoms with E-state index in [9.17, 15) is 4.79 Å². The molecule has 0 saturated carbocycles. The van der Waals surface area contributed by atoms with E-state index in [1.54, 1.807) is 22.8 Å². The number of benzene rings is 2. The summed E-state index contributed by atoms with van der Waals surface area (Å²) < 4.78 is 7.63. The zero-order chi connectivity index (χ0) is 22.0. The molecule has 0 unspecified atom stereocenters. The van der Waals surface area contributed by atoms with Crippen LogP contribution in [0.15, 0.2) is 41.2 Å². The van der Waals surface area contributed by atoms with Gasteiger partial charge in [-0.25, -0.2) is 4.98 Å². The molecule has 1 aliphatic rings. The second-order valence-corrected chi connectivity index (χ2v) is 8.28. The molecule has 164 valence electrons. The zero-order valence-electron chi connectivity index (χ0n) is 18.6. The Balaban J connectivity index is 1.88. The minimum absolute atomic E-state index is 0.100. The number of nitrogens with two attached hydrogens (primary N) is 1. The third kappa shape index (κ3) is 4.57. The predicted octanol–water partition coefficient (Wildman–Crippen LogP) is 2.81. The topological polar surface area (TPSA) is 76.6 Å². The Morgan fingerprint density at radius 2 is 1.94 bits per heavy atom. The van der Waals surface area contributed by atoms with Crippen LogP contribution in [-0.4, -0.2) is 59.2 Å². The zero-order valence-corrected chi connectivity index (χ0v) is 18.6. The van der Waals surface area contributed by atoms with Crippen molar-refractivity contribution >= 4 is 16.6 Å². The van der Waals surface area contributed by atoms with Crippen LogP contribution in [0.4, 0.5) is 5.69 Å². The number of rotatable bonds is 5. The highest BCUT2D eigenvalue weighted by Crippen LogP contribution is 2.26. The fourth-order valence-corrected chi connectivity index (χ4v) is 4.14. The molecule has 0 radical (unpaired) electrons. The summed E-state index contributed by atoms with van der Waals surface area (Å²) in [5.74, 6) is 1.40. The van der Waals surface area contributed by atoms with Gasteiger partial charge in [0.2, 0.25) is 0 Å². The third-order valence-electron chi connectivity index (χ3n) is 5.80. The lowest BCUT2D eigenvalue weighted by Gasteiger charge is -2.23. The van der Waals surface area contributed by atoms with E-state index in [1.165, 1.54) is 0 Å². The van der Waals surface area contributed by atoms with Crippen LogP contribution in [0.3, 0.4) is 0 Å². The number of ether oxygens (including phenoxy) is 1. The molecule has 1 saturated heterocycles. The standard InChI is InChI=1S/C24H31N5O2/c1-4-31-22-14-17(2)6-9-21(22)29-23(16-28-11-5-10-27(3)12-13-28)26-20-15-18(25)7-8-19(20)24(29)30/h6-9,14-15H,4-5,10-13,16,25H2,1-3H3.